The van der Waals surface area contributed by atoms with Gasteiger partial charge in [0.1, 0.15) is 36.4 Å². The van der Waals surface area contributed by atoms with Crippen LogP contribution in [0.2, 0.25) is 0 Å². The van der Waals surface area contributed by atoms with Crippen molar-refractivity contribution in [2.24, 2.45) is 45.3 Å². The third-order valence-corrected chi connectivity index (χ3v) is 27.6. The Bertz CT molecular complexity index is 4940. The van der Waals surface area contributed by atoms with Gasteiger partial charge in [-0.3, -0.25) is 48.4 Å². The summed E-state index contributed by atoms with van der Waals surface area (Å²) in [4.78, 5) is 141. The minimum atomic E-state index is -3.82. The van der Waals surface area contributed by atoms with Gasteiger partial charge >= 0.3 is 37.0 Å². The standard InChI is InChI=1S/C39H49N3O7S.C30H38N2O5.C18H30N2O5.C12H11BO2/c1-5-28-22-39(28,37(46)40-50(47,48)31-18-19-31)23-34(43)33-24-41(29-15-11-14-27(20-29)26-12-7-6-8-13-26)25-42(33)36(45)32(38(2,3)4)21-35(44)49-30-16-9-10-17-30;1-30(2,3)25(18-27(33)37-24-15-8-9-16-24)28(34)32-20-31(19-26(32)29(35)36-4)23-14-10-13-22(17-23)21-11-6-5-7-12-21;1-18(2,3)13(9-15(21)25-12-7-5-6-8-12)16(22)20-11-19-10-14(20)17(23)24-4;14-13(15)12-8-4-7-11(9-12)10-5-2-1-3-6-10/h5-8,11-15,20,28,30-33H,1,9-10,16-19,21-25H2,2-4H3,(H,40,46);5-7,10-14,17,24-26H,8-9,15-16,18-20H2,1-4H3;12-14,19H,5-11H2,1-4H3;1-9,14-15H/t28-,32-,33+,39-;25-,26+;13-,14+;/m111./s1. The van der Waals surface area contributed by atoms with E-state index in [0.717, 1.165) is 122 Å². The Morgan fingerprint density at radius 3 is 1.22 bits per heavy atom. The molecule has 0 spiro atoms. The Balaban J connectivity index is 0.000000178. The summed E-state index contributed by atoms with van der Waals surface area (Å²) >= 11 is 0. The number of rotatable bonds is 27. The molecule has 3 aliphatic heterocycles. The maximum atomic E-state index is 14.6. The van der Waals surface area contributed by atoms with Gasteiger partial charge in [0.05, 0.1) is 88.5 Å². The minimum Gasteiger partial charge on any atom is -0.467 e. The van der Waals surface area contributed by atoms with Gasteiger partial charge in [-0.25, -0.2) is 18.0 Å². The number of allylic oxidation sites excluding steroid dienone is 1. The van der Waals surface area contributed by atoms with E-state index in [2.05, 4.69) is 34.8 Å². The number of Topliss-reactive ketones (excluding diaryl/α,β-unsaturated/α-hetero) is 1. The van der Waals surface area contributed by atoms with Gasteiger partial charge in [0, 0.05) is 30.9 Å². The third kappa shape index (κ3) is 25.7. The molecule has 8 fully saturated rings. The maximum absolute atomic E-state index is 14.6. The predicted octanol–water partition coefficient (Wildman–Crippen LogP) is 13.2. The molecule has 0 aromatic heterocycles. The van der Waals surface area contributed by atoms with Gasteiger partial charge in [0.25, 0.3) is 0 Å². The molecule has 4 N–H and O–H groups in total. The molecule has 0 bridgehead atoms. The Kier molecular flexibility index (Phi) is 32.9. The minimum absolute atomic E-state index is 0.00722. The quantitative estimate of drug-likeness (QED) is 0.0161. The van der Waals surface area contributed by atoms with E-state index in [4.69, 9.17) is 33.7 Å². The zero-order valence-corrected chi connectivity index (χ0v) is 76.3. The first-order chi connectivity index (χ1) is 60.4. The van der Waals surface area contributed by atoms with Crippen molar-refractivity contribution in [2.75, 3.05) is 63.7 Å². The second-order valence-electron chi connectivity index (χ2n) is 38.1. The van der Waals surface area contributed by atoms with Crippen LogP contribution in [-0.4, -0.2) is 195 Å². The van der Waals surface area contributed by atoms with Gasteiger partial charge in [0.2, 0.25) is 33.7 Å². The lowest BCUT2D eigenvalue weighted by Crippen LogP contribution is -2.49. The Hall–Kier alpha value is -10.5. The Morgan fingerprint density at radius 2 is 0.850 bits per heavy atom. The van der Waals surface area contributed by atoms with Crippen LogP contribution in [0.4, 0.5) is 11.4 Å². The van der Waals surface area contributed by atoms with Gasteiger partial charge in [0.15, 0.2) is 5.78 Å². The molecule has 14 rings (SSSR count). The second kappa shape index (κ2) is 43.0. The number of hydrogen-bond acceptors (Lipinski definition) is 22. The summed E-state index contributed by atoms with van der Waals surface area (Å²) in [7, 11) is -2.58. The number of sulfonamides is 1. The van der Waals surface area contributed by atoms with Crippen LogP contribution in [0.5, 0.6) is 0 Å². The average Bonchev–Trinajstić information content (AvgIpc) is 1.57. The molecule has 0 radical (unpaired) electrons. The molecule has 3 saturated heterocycles. The van der Waals surface area contributed by atoms with Crippen molar-refractivity contribution in [1.29, 1.82) is 0 Å². The molecule has 127 heavy (non-hydrogen) atoms. The summed E-state index contributed by atoms with van der Waals surface area (Å²) in [5.41, 5.74) is 5.68. The highest BCUT2D eigenvalue weighted by atomic mass is 32.2. The normalized spacial score (nSPS) is 20.8. The van der Waals surface area contributed by atoms with Crippen LogP contribution in [0.3, 0.4) is 0 Å². The summed E-state index contributed by atoms with van der Waals surface area (Å²) in [6.45, 7) is 22.7. The number of nitrogens with one attached hydrogen (secondary N) is 2. The molecule has 6 aromatic rings. The largest absolute Gasteiger partial charge is 0.488 e. The van der Waals surface area contributed by atoms with Crippen LogP contribution < -0.4 is 25.3 Å². The summed E-state index contributed by atoms with van der Waals surface area (Å²) in [6.07, 6.45) is 13.9. The maximum Gasteiger partial charge on any atom is 0.488 e. The number of carbonyl (C=O) groups excluding carboxylic acids is 10. The van der Waals surface area contributed by atoms with Crippen LogP contribution >= 0.6 is 0 Å². The zero-order valence-electron chi connectivity index (χ0n) is 75.5. The van der Waals surface area contributed by atoms with Gasteiger partial charge < -0.3 is 58.2 Å². The summed E-state index contributed by atoms with van der Waals surface area (Å²) in [6, 6.07) is 50.7. The van der Waals surface area contributed by atoms with Crippen molar-refractivity contribution >= 4 is 93.2 Å². The molecule has 3 heterocycles. The lowest BCUT2D eigenvalue weighted by Gasteiger charge is -2.34. The highest BCUT2D eigenvalue weighted by Crippen LogP contribution is 2.57. The van der Waals surface area contributed by atoms with E-state index in [1.807, 2.05) is 206 Å². The highest BCUT2D eigenvalue weighted by molar-refractivity contribution is 7.91. The zero-order chi connectivity index (χ0) is 91.7. The van der Waals surface area contributed by atoms with E-state index in [-0.39, 0.29) is 112 Å². The molecule has 4 amide bonds. The summed E-state index contributed by atoms with van der Waals surface area (Å²) in [5, 5.41) is 20.5. The van der Waals surface area contributed by atoms with E-state index >= 15 is 0 Å². The summed E-state index contributed by atoms with van der Waals surface area (Å²) in [5.74, 6) is -6.08. The van der Waals surface area contributed by atoms with E-state index < -0.39 is 104 Å². The van der Waals surface area contributed by atoms with Gasteiger partial charge in [-0.1, -0.05) is 208 Å². The lowest BCUT2D eigenvalue weighted by atomic mass is 9.77. The first-order valence-corrected chi connectivity index (χ1v) is 46.3. The number of methoxy groups -OCH3 is 2. The number of anilines is 2. The molecule has 6 aromatic carbocycles. The first-order valence-electron chi connectivity index (χ1n) is 44.8. The molecule has 682 valence electrons. The number of nitrogens with zero attached hydrogens (tertiary/aromatic N) is 5. The van der Waals surface area contributed by atoms with Crippen LogP contribution in [-0.2, 0) is 81.7 Å². The van der Waals surface area contributed by atoms with Crippen LogP contribution in [0.15, 0.2) is 176 Å². The first kappa shape index (κ1) is 97.1. The molecule has 28 heteroatoms. The molecule has 26 nitrogen and oxygen atoms in total. The molecular weight excluding hydrogens is 1630 g/mol. The Morgan fingerprint density at radius 1 is 0.488 bits per heavy atom. The fraction of sp³-hybridized carbons (Fsp3) is 0.515. The topological polar surface area (TPSA) is 332 Å². The van der Waals surface area contributed by atoms with Crippen molar-refractivity contribution in [3.05, 3.63) is 176 Å². The molecule has 5 saturated carbocycles. The molecule has 8 aliphatic rings. The van der Waals surface area contributed by atoms with Crippen molar-refractivity contribution in [3.8, 4) is 33.4 Å². The van der Waals surface area contributed by atoms with E-state index in [1.54, 1.807) is 28.0 Å². The third-order valence-electron chi connectivity index (χ3n) is 25.8. The van der Waals surface area contributed by atoms with Crippen LogP contribution in [0.25, 0.3) is 33.4 Å². The van der Waals surface area contributed by atoms with Gasteiger partial charge in [-0.05, 0) is 182 Å². The van der Waals surface area contributed by atoms with Crippen LogP contribution in [0.1, 0.15) is 184 Å². The average molecular weight is 1760 g/mol. The number of esters is 5. The second-order valence-corrected chi connectivity index (χ2v) is 40.1. The van der Waals surface area contributed by atoms with Crippen LogP contribution in [0, 0.1) is 45.3 Å². The van der Waals surface area contributed by atoms with Gasteiger partial charge in [-0.2, -0.15) is 0 Å². The van der Waals surface area contributed by atoms with Crippen molar-refractivity contribution in [3.63, 3.8) is 0 Å². The summed E-state index contributed by atoms with van der Waals surface area (Å²) < 4.78 is 54.5. The number of amides is 4. The molecular formula is C99H128BN7O19S. The monoisotopic (exact) mass is 1760 g/mol. The van der Waals surface area contributed by atoms with Crippen molar-refractivity contribution < 1.29 is 90.1 Å². The van der Waals surface area contributed by atoms with Gasteiger partial charge in [-0.15, -0.1) is 6.58 Å². The fourth-order valence-corrected chi connectivity index (χ4v) is 19.2. The lowest BCUT2D eigenvalue weighted by molar-refractivity contribution is -0.158. The molecule has 0 unspecified atom stereocenters. The Labute approximate surface area is 748 Å². The van der Waals surface area contributed by atoms with E-state index in [1.165, 1.54) is 19.1 Å². The number of benzene rings is 6. The van der Waals surface area contributed by atoms with E-state index in [0.29, 0.717) is 37.8 Å². The SMILES string of the molecule is C=C[C@@H]1C[C@]1(CC(=O)[C@@H]1CN(c2cccc(-c3ccccc3)c2)CN1C(=O)[C@@H](CC(=O)OC1CCCC1)C(C)(C)C)C(=O)NS(=O)(=O)C1CC1.COC(=O)[C@@H]1CN(c2cccc(-c3ccccc3)c2)CN1C(=O)[C@@H](CC(=O)OC1CCCC1)C(C)(C)C.COC(=O)[C@@H]1CNCN1C(=O)[C@@H](CC(=O)OC1CCCC1)C(C)(C)C.OB(O)c1cccc(-c2ccccc2)c1. The highest BCUT2D eigenvalue weighted by Gasteiger charge is 2.62. The molecule has 8 atom stereocenters. The number of hydrogen-bond donors (Lipinski definition) is 4. The number of ketones is 1. The van der Waals surface area contributed by atoms with Crippen molar-refractivity contribution in [1.82, 2.24) is 24.7 Å². The van der Waals surface area contributed by atoms with E-state index in [9.17, 15) is 56.4 Å². The fourth-order valence-electron chi connectivity index (χ4n) is 17.8. The number of carbonyl (C=O) groups is 10. The van der Waals surface area contributed by atoms with Crippen molar-refractivity contribution in [2.45, 2.75) is 226 Å². The number of ether oxygens (including phenoxy) is 5. The predicted molar refractivity (Wildman–Crippen MR) is 487 cm³/mol. The molecule has 5 aliphatic carbocycles. The smallest absolute Gasteiger partial charge is 0.467 e.